The Morgan fingerprint density at radius 2 is 1.82 bits per heavy atom. The number of hydrogen-bond donors (Lipinski definition) is 1. The second-order valence-corrected chi connectivity index (χ2v) is 6.06. The molecule has 0 radical (unpaired) electrons. The SMILES string of the molecule is NS(=O)(=O)[C@@H]1CCCC[C@H]1c1ncc(F)cn1. The molecule has 1 aromatic heterocycles. The van der Waals surface area contributed by atoms with Crippen LogP contribution >= 0.6 is 0 Å². The summed E-state index contributed by atoms with van der Waals surface area (Å²) in [6, 6.07) is 0. The van der Waals surface area contributed by atoms with Gasteiger partial charge in [0.2, 0.25) is 10.0 Å². The van der Waals surface area contributed by atoms with Crippen molar-refractivity contribution in [3.63, 3.8) is 0 Å². The summed E-state index contributed by atoms with van der Waals surface area (Å²) in [6.45, 7) is 0. The lowest BCUT2D eigenvalue weighted by molar-refractivity contribution is 0.419. The van der Waals surface area contributed by atoms with Crippen LogP contribution in [0.5, 0.6) is 0 Å². The first-order valence-corrected chi connectivity index (χ1v) is 7.08. The average molecular weight is 259 g/mol. The van der Waals surface area contributed by atoms with Crippen molar-refractivity contribution in [2.24, 2.45) is 5.14 Å². The Kier molecular flexibility index (Phi) is 3.39. The van der Waals surface area contributed by atoms with Crippen LogP contribution < -0.4 is 5.14 Å². The Morgan fingerprint density at radius 3 is 2.41 bits per heavy atom. The van der Waals surface area contributed by atoms with Crippen LogP contribution in [-0.4, -0.2) is 23.6 Å². The van der Waals surface area contributed by atoms with Gasteiger partial charge < -0.3 is 0 Å². The van der Waals surface area contributed by atoms with Gasteiger partial charge in [0.1, 0.15) is 5.82 Å². The molecule has 1 saturated carbocycles. The topological polar surface area (TPSA) is 85.9 Å². The van der Waals surface area contributed by atoms with Gasteiger partial charge in [0, 0.05) is 5.92 Å². The van der Waals surface area contributed by atoms with Crippen molar-refractivity contribution in [2.45, 2.75) is 36.9 Å². The van der Waals surface area contributed by atoms with E-state index in [1.54, 1.807) is 0 Å². The Hall–Kier alpha value is -1.08. The van der Waals surface area contributed by atoms with Gasteiger partial charge in [-0.1, -0.05) is 12.8 Å². The summed E-state index contributed by atoms with van der Waals surface area (Å²) in [7, 11) is -3.61. The first kappa shape index (κ1) is 12.4. The predicted octanol–water partition coefficient (Wildman–Crippen LogP) is 0.930. The van der Waals surface area contributed by atoms with Crippen molar-refractivity contribution in [1.29, 1.82) is 0 Å². The Labute approximate surface area is 99.3 Å². The number of halogens is 1. The summed E-state index contributed by atoms with van der Waals surface area (Å²) in [5.41, 5.74) is 0. The lowest BCUT2D eigenvalue weighted by Gasteiger charge is -2.28. The summed E-state index contributed by atoms with van der Waals surface area (Å²) in [6.07, 6.45) is 5.04. The standard InChI is InChI=1S/C10H14FN3O2S/c11-7-5-13-10(14-6-7)8-3-1-2-4-9(8)17(12,15)16/h5-6,8-9H,1-4H2,(H2,12,15,16)/t8-,9-/m1/s1. The highest BCUT2D eigenvalue weighted by molar-refractivity contribution is 7.89. The lowest BCUT2D eigenvalue weighted by Crippen LogP contribution is -2.36. The van der Waals surface area contributed by atoms with Crippen LogP contribution in [0.25, 0.3) is 0 Å². The first-order valence-electron chi connectivity index (χ1n) is 5.47. The van der Waals surface area contributed by atoms with Crippen molar-refractivity contribution in [3.8, 4) is 0 Å². The minimum Gasteiger partial charge on any atom is -0.238 e. The van der Waals surface area contributed by atoms with Crippen LogP contribution in [0, 0.1) is 5.82 Å². The van der Waals surface area contributed by atoms with Crippen molar-refractivity contribution in [3.05, 3.63) is 24.0 Å². The highest BCUT2D eigenvalue weighted by Crippen LogP contribution is 2.34. The van der Waals surface area contributed by atoms with E-state index < -0.39 is 21.1 Å². The number of nitrogens with two attached hydrogens (primary N) is 1. The maximum Gasteiger partial charge on any atom is 0.212 e. The highest BCUT2D eigenvalue weighted by atomic mass is 32.2. The molecule has 0 amide bonds. The van der Waals surface area contributed by atoms with E-state index in [4.69, 9.17) is 5.14 Å². The highest BCUT2D eigenvalue weighted by Gasteiger charge is 2.35. The number of hydrogen-bond acceptors (Lipinski definition) is 4. The van der Waals surface area contributed by atoms with Gasteiger partial charge >= 0.3 is 0 Å². The van der Waals surface area contributed by atoms with Crippen LogP contribution in [0.1, 0.15) is 37.4 Å². The number of aromatic nitrogens is 2. The number of rotatable bonds is 2. The van der Waals surface area contributed by atoms with E-state index in [0.29, 0.717) is 18.7 Å². The summed E-state index contributed by atoms with van der Waals surface area (Å²) in [4.78, 5) is 7.72. The van der Waals surface area contributed by atoms with Crippen molar-refractivity contribution in [1.82, 2.24) is 9.97 Å². The second kappa shape index (κ2) is 4.66. The summed E-state index contributed by atoms with van der Waals surface area (Å²) < 4.78 is 35.7. The summed E-state index contributed by atoms with van der Waals surface area (Å²) >= 11 is 0. The Bertz CT molecular complexity index is 489. The van der Waals surface area contributed by atoms with Crippen molar-refractivity contribution >= 4 is 10.0 Å². The predicted molar refractivity (Wildman–Crippen MR) is 60.1 cm³/mol. The first-order chi connectivity index (χ1) is 7.98. The third-order valence-electron chi connectivity index (χ3n) is 3.10. The van der Waals surface area contributed by atoms with E-state index in [1.165, 1.54) is 0 Å². The molecule has 0 bridgehead atoms. The average Bonchev–Trinajstić information content (AvgIpc) is 2.29. The van der Waals surface area contributed by atoms with Gasteiger partial charge in [-0.2, -0.15) is 0 Å². The van der Waals surface area contributed by atoms with E-state index in [1.807, 2.05) is 0 Å². The molecule has 0 unspecified atom stereocenters. The monoisotopic (exact) mass is 259 g/mol. The molecule has 0 saturated heterocycles. The van der Waals surface area contributed by atoms with Gasteiger partial charge in [-0.05, 0) is 12.8 Å². The van der Waals surface area contributed by atoms with E-state index in [9.17, 15) is 12.8 Å². The van der Waals surface area contributed by atoms with Gasteiger partial charge in [-0.25, -0.2) is 27.9 Å². The molecule has 2 N–H and O–H groups in total. The zero-order valence-corrected chi connectivity index (χ0v) is 10.0. The van der Waals surface area contributed by atoms with Crippen LogP contribution in [0.3, 0.4) is 0 Å². The largest absolute Gasteiger partial charge is 0.238 e. The molecule has 1 aliphatic rings. The van der Waals surface area contributed by atoms with Crippen molar-refractivity contribution < 1.29 is 12.8 Å². The molecular weight excluding hydrogens is 245 g/mol. The zero-order chi connectivity index (χ0) is 12.5. The minimum atomic E-state index is -3.61. The normalized spacial score (nSPS) is 25.8. The lowest BCUT2D eigenvalue weighted by atomic mass is 9.88. The molecule has 0 aromatic carbocycles. The Balaban J connectivity index is 2.31. The van der Waals surface area contributed by atoms with Gasteiger partial charge in [0.25, 0.3) is 0 Å². The fraction of sp³-hybridized carbons (Fsp3) is 0.600. The molecule has 0 spiro atoms. The molecule has 17 heavy (non-hydrogen) atoms. The summed E-state index contributed by atoms with van der Waals surface area (Å²) in [5.74, 6) is -0.485. The Morgan fingerprint density at radius 1 is 1.24 bits per heavy atom. The molecule has 2 atom stereocenters. The molecule has 2 rings (SSSR count). The van der Waals surface area contributed by atoms with E-state index >= 15 is 0 Å². The van der Waals surface area contributed by atoms with Gasteiger partial charge in [0.05, 0.1) is 17.6 Å². The zero-order valence-electron chi connectivity index (χ0n) is 9.21. The van der Waals surface area contributed by atoms with Crippen LogP contribution in [0.15, 0.2) is 12.4 Å². The third kappa shape index (κ3) is 2.78. The number of sulfonamides is 1. The molecule has 1 aromatic rings. The fourth-order valence-corrected chi connectivity index (χ4v) is 3.51. The van der Waals surface area contributed by atoms with Gasteiger partial charge in [-0.3, -0.25) is 0 Å². The minimum absolute atomic E-state index is 0.320. The quantitative estimate of drug-likeness (QED) is 0.856. The van der Waals surface area contributed by atoms with Crippen molar-refractivity contribution in [2.75, 3.05) is 0 Å². The fourth-order valence-electron chi connectivity index (χ4n) is 2.30. The molecule has 0 aliphatic heterocycles. The summed E-state index contributed by atoms with van der Waals surface area (Å²) in [5, 5.41) is 4.56. The van der Waals surface area contributed by atoms with Crippen LogP contribution in [0.4, 0.5) is 4.39 Å². The van der Waals surface area contributed by atoms with Crippen LogP contribution in [0.2, 0.25) is 0 Å². The maximum absolute atomic E-state index is 12.7. The molecule has 7 heteroatoms. The van der Waals surface area contributed by atoms with E-state index in [0.717, 1.165) is 25.2 Å². The molecule has 1 aliphatic carbocycles. The molecule has 5 nitrogen and oxygen atoms in total. The van der Waals surface area contributed by atoms with Gasteiger partial charge in [0.15, 0.2) is 5.82 Å². The molecular formula is C10H14FN3O2S. The smallest absolute Gasteiger partial charge is 0.212 e. The molecule has 1 fully saturated rings. The van der Waals surface area contributed by atoms with Gasteiger partial charge in [-0.15, -0.1) is 0 Å². The number of nitrogens with zero attached hydrogens (tertiary/aromatic N) is 2. The molecule has 1 heterocycles. The van der Waals surface area contributed by atoms with E-state index in [-0.39, 0.29) is 5.92 Å². The molecule has 94 valence electrons. The maximum atomic E-state index is 12.7. The number of primary sulfonamides is 1. The second-order valence-electron chi connectivity index (χ2n) is 4.28. The van der Waals surface area contributed by atoms with E-state index in [2.05, 4.69) is 9.97 Å². The van der Waals surface area contributed by atoms with Crippen LogP contribution in [-0.2, 0) is 10.0 Å². The third-order valence-corrected chi connectivity index (χ3v) is 4.50.